The molecule has 0 aliphatic carbocycles. The third kappa shape index (κ3) is 3.72. The summed E-state index contributed by atoms with van der Waals surface area (Å²) in [6.45, 7) is 0. The number of rotatable bonds is 4. The van der Waals surface area contributed by atoms with E-state index in [0.29, 0.717) is 0 Å². The van der Waals surface area contributed by atoms with Crippen molar-refractivity contribution in [2.24, 2.45) is 0 Å². The molecule has 2 rings (SSSR count). The average Bonchev–Trinajstić information content (AvgIpc) is 3.06. The minimum absolute atomic E-state index is 0.00926. The second kappa shape index (κ2) is 6.57. The van der Waals surface area contributed by atoms with Crippen LogP contribution < -0.4 is 10.9 Å². The first-order chi connectivity index (χ1) is 10.8. The van der Waals surface area contributed by atoms with Gasteiger partial charge >= 0.3 is 5.76 Å². The van der Waals surface area contributed by atoms with Gasteiger partial charge in [-0.1, -0.05) is 0 Å². The number of amides is 2. The smallest absolute Gasteiger partial charge is 0.341 e. The van der Waals surface area contributed by atoms with E-state index in [9.17, 15) is 26.8 Å². The number of hydrazine groups is 1. The Morgan fingerprint density at radius 3 is 2.13 bits per heavy atom. The van der Waals surface area contributed by atoms with Crippen molar-refractivity contribution >= 4 is 21.7 Å². The number of halogens is 2. The van der Waals surface area contributed by atoms with Crippen molar-refractivity contribution < 1.29 is 26.8 Å². The summed E-state index contributed by atoms with van der Waals surface area (Å²) < 4.78 is 47.3. The topological polar surface area (TPSA) is 108 Å². The fraction of sp³-hybridized carbons (Fsp3) is 0.0769. The lowest BCUT2D eigenvalue weighted by Gasteiger charge is -2.07. The second-order valence-electron chi connectivity index (χ2n) is 4.32. The molecule has 0 atom stereocenters. The summed E-state index contributed by atoms with van der Waals surface area (Å²) in [5.41, 5.74) is 4.47. The summed E-state index contributed by atoms with van der Waals surface area (Å²) in [4.78, 5) is 25.4. The molecular formula is C13H11F2N3O4S. The van der Waals surface area contributed by atoms with Gasteiger partial charge in [0.25, 0.3) is 11.8 Å². The highest BCUT2D eigenvalue weighted by Gasteiger charge is 2.26. The van der Waals surface area contributed by atoms with E-state index in [4.69, 9.17) is 0 Å². The normalized spacial score (nSPS) is 11.3. The van der Waals surface area contributed by atoms with Crippen molar-refractivity contribution in [1.82, 2.24) is 15.8 Å². The summed E-state index contributed by atoms with van der Waals surface area (Å²) in [6, 6.07) is 6.99. The van der Waals surface area contributed by atoms with Crippen molar-refractivity contribution in [1.29, 1.82) is 0 Å². The average molecular weight is 343 g/mol. The van der Waals surface area contributed by atoms with Gasteiger partial charge in [0.2, 0.25) is 9.84 Å². The molecule has 7 nitrogen and oxygen atoms in total. The van der Waals surface area contributed by atoms with Crippen LogP contribution in [0.5, 0.6) is 0 Å². The van der Waals surface area contributed by atoms with Crippen molar-refractivity contribution in [3.05, 3.63) is 53.9 Å². The number of carbonyl (C=O) groups excluding carboxylic acids is 2. The van der Waals surface area contributed by atoms with Gasteiger partial charge in [-0.05, 0) is 36.4 Å². The Morgan fingerprint density at radius 2 is 1.61 bits per heavy atom. The Kier molecular flexibility index (Phi) is 4.74. The number of sulfone groups is 1. The van der Waals surface area contributed by atoms with E-state index in [1.54, 1.807) is 6.07 Å². The minimum atomic E-state index is -4.71. The predicted molar refractivity (Wildman–Crippen MR) is 75.4 cm³/mol. The largest absolute Gasteiger partial charge is 0.357 e. The van der Waals surface area contributed by atoms with Gasteiger partial charge in [-0.25, -0.2) is 8.42 Å². The highest BCUT2D eigenvalue weighted by Crippen LogP contribution is 2.18. The van der Waals surface area contributed by atoms with Crippen LogP contribution in [0.25, 0.3) is 0 Å². The molecule has 0 saturated carbocycles. The van der Waals surface area contributed by atoms with Crippen molar-refractivity contribution in [3.8, 4) is 0 Å². The molecule has 0 saturated heterocycles. The van der Waals surface area contributed by atoms with Crippen LogP contribution in [0.4, 0.5) is 8.78 Å². The summed E-state index contributed by atoms with van der Waals surface area (Å²) in [5, 5.41) is 0. The number of aromatic amines is 1. The zero-order valence-corrected chi connectivity index (χ0v) is 12.2. The third-order valence-corrected chi connectivity index (χ3v) is 4.21. The van der Waals surface area contributed by atoms with E-state index in [-0.39, 0.29) is 11.3 Å². The fourth-order valence-electron chi connectivity index (χ4n) is 1.62. The van der Waals surface area contributed by atoms with Crippen molar-refractivity contribution in [3.63, 3.8) is 0 Å². The molecule has 2 amide bonds. The number of aromatic nitrogens is 1. The van der Waals surface area contributed by atoms with Crippen LogP contribution in [0.3, 0.4) is 0 Å². The Labute approximate surface area is 129 Å². The van der Waals surface area contributed by atoms with Crippen LogP contribution in [-0.2, 0) is 9.84 Å². The van der Waals surface area contributed by atoms with E-state index in [1.165, 1.54) is 12.3 Å². The number of hydrogen-bond acceptors (Lipinski definition) is 4. The molecule has 1 aromatic heterocycles. The number of hydrogen-bond donors (Lipinski definition) is 3. The van der Waals surface area contributed by atoms with Gasteiger partial charge in [-0.2, -0.15) is 8.78 Å². The van der Waals surface area contributed by atoms with Crippen LogP contribution in [0, 0.1) is 0 Å². The maximum absolute atomic E-state index is 12.4. The van der Waals surface area contributed by atoms with Crippen LogP contribution in [0.1, 0.15) is 20.8 Å². The lowest BCUT2D eigenvalue weighted by atomic mass is 10.2. The molecule has 2 aromatic rings. The van der Waals surface area contributed by atoms with Crippen LogP contribution in [0.15, 0.2) is 47.5 Å². The summed E-state index contributed by atoms with van der Waals surface area (Å²) in [6.07, 6.45) is 1.53. The fourth-order valence-corrected chi connectivity index (χ4v) is 2.34. The molecular weight excluding hydrogens is 332 g/mol. The molecule has 1 heterocycles. The van der Waals surface area contributed by atoms with Gasteiger partial charge in [0.05, 0.1) is 4.90 Å². The summed E-state index contributed by atoms with van der Waals surface area (Å²) in [7, 11) is -4.71. The van der Waals surface area contributed by atoms with E-state index in [0.717, 1.165) is 24.3 Å². The molecule has 122 valence electrons. The molecule has 3 N–H and O–H groups in total. The number of alkyl halides is 2. The maximum Gasteiger partial charge on any atom is 0.341 e. The summed E-state index contributed by atoms with van der Waals surface area (Å²) in [5.74, 6) is -4.85. The van der Waals surface area contributed by atoms with Gasteiger partial charge in [0, 0.05) is 11.8 Å². The second-order valence-corrected chi connectivity index (χ2v) is 6.24. The Balaban J connectivity index is 2.02. The molecule has 10 heteroatoms. The highest BCUT2D eigenvalue weighted by molar-refractivity contribution is 7.91. The van der Waals surface area contributed by atoms with Crippen molar-refractivity contribution in [2.75, 3.05) is 0 Å². The Bertz CT molecular complexity index is 802. The molecule has 0 bridgehead atoms. The maximum atomic E-state index is 12.4. The third-order valence-electron chi connectivity index (χ3n) is 2.81. The summed E-state index contributed by atoms with van der Waals surface area (Å²) >= 11 is 0. The zero-order valence-electron chi connectivity index (χ0n) is 11.4. The molecule has 0 aliphatic heterocycles. The number of carbonyl (C=O) groups is 2. The van der Waals surface area contributed by atoms with Gasteiger partial charge in [-0.15, -0.1) is 0 Å². The SMILES string of the molecule is O=C(NNC(=O)c1ccc[nH]1)c1ccc(S(=O)(=O)C(F)F)cc1. The first-order valence-electron chi connectivity index (χ1n) is 6.18. The molecule has 0 aliphatic rings. The number of nitrogens with one attached hydrogen (secondary N) is 3. The van der Waals surface area contributed by atoms with Gasteiger partial charge < -0.3 is 4.98 Å². The Morgan fingerprint density at radius 1 is 1.00 bits per heavy atom. The molecule has 1 aromatic carbocycles. The zero-order chi connectivity index (χ0) is 17.0. The van der Waals surface area contributed by atoms with E-state index in [1.807, 2.05) is 0 Å². The molecule has 0 unspecified atom stereocenters. The standard InChI is InChI=1S/C13H11F2N3O4S/c14-13(15)23(21,22)9-5-3-8(4-6-9)11(19)17-18-12(20)10-2-1-7-16-10/h1-7,13,16H,(H,17,19)(H,18,20). The van der Waals surface area contributed by atoms with Gasteiger partial charge in [-0.3, -0.25) is 20.4 Å². The van der Waals surface area contributed by atoms with Gasteiger partial charge in [0.15, 0.2) is 0 Å². The van der Waals surface area contributed by atoms with Crippen LogP contribution >= 0.6 is 0 Å². The van der Waals surface area contributed by atoms with E-state index >= 15 is 0 Å². The monoisotopic (exact) mass is 343 g/mol. The van der Waals surface area contributed by atoms with Crippen molar-refractivity contribution in [2.45, 2.75) is 10.7 Å². The lowest BCUT2D eigenvalue weighted by molar-refractivity contribution is 0.0844. The number of benzene rings is 1. The lowest BCUT2D eigenvalue weighted by Crippen LogP contribution is -2.41. The molecule has 23 heavy (non-hydrogen) atoms. The predicted octanol–water partition coefficient (Wildman–Crippen LogP) is 1.09. The van der Waals surface area contributed by atoms with Crippen LogP contribution in [-0.4, -0.2) is 31.0 Å². The van der Waals surface area contributed by atoms with Gasteiger partial charge in [0.1, 0.15) is 5.69 Å². The molecule has 0 fully saturated rings. The first kappa shape index (κ1) is 16.6. The number of H-pyrrole nitrogens is 1. The van der Waals surface area contributed by atoms with Crippen LogP contribution in [0.2, 0.25) is 0 Å². The van der Waals surface area contributed by atoms with E-state index in [2.05, 4.69) is 15.8 Å². The minimum Gasteiger partial charge on any atom is -0.357 e. The molecule has 0 radical (unpaired) electrons. The Hall–Kier alpha value is -2.75. The molecule has 0 spiro atoms. The van der Waals surface area contributed by atoms with E-state index < -0.39 is 32.3 Å². The highest BCUT2D eigenvalue weighted by atomic mass is 32.2. The first-order valence-corrected chi connectivity index (χ1v) is 7.73. The quantitative estimate of drug-likeness (QED) is 0.722.